The number of amides is 1. The van der Waals surface area contributed by atoms with Crippen molar-refractivity contribution >= 4 is 15.9 Å². The molecule has 2 N–H and O–H groups in total. The first kappa shape index (κ1) is 21.3. The molecule has 0 saturated carbocycles. The van der Waals surface area contributed by atoms with Gasteiger partial charge in [-0.25, -0.2) is 12.8 Å². The van der Waals surface area contributed by atoms with Crippen LogP contribution in [0.5, 0.6) is 0 Å². The van der Waals surface area contributed by atoms with Crippen LogP contribution in [-0.2, 0) is 27.5 Å². The average Bonchev–Trinajstić information content (AvgIpc) is 3.18. The van der Waals surface area contributed by atoms with Crippen LogP contribution in [0.2, 0.25) is 0 Å². The molecule has 1 aromatic heterocycles. The van der Waals surface area contributed by atoms with Gasteiger partial charge in [0.2, 0.25) is 10.0 Å². The zero-order valence-electron chi connectivity index (χ0n) is 14.9. The first-order chi connectivity index (χ1) is 13.6. The highest BCUT2D eigenvalue weighted by atomic mass is 32.2. The number of carbonyl (C=O) groups excluding carboxylic acids is 1. The van der Waals surface area contributed by atoms with E-state index in [1.165, 1.54) is 4.31 Å². The minimum absolute atomic E-state index is 0.132. The Hall–Kier alpha value is -2.44. The second-order valence-corrected chi connectivity index (χ2v) is 8.19. The number of ether oxygens (including phenoxy) is 1. The number of alkyl halides is 3. The maximum atomic E-state index is 13.1. The molecule has 7 nitrogen and oxygen atoms in total. The molecular weight excluding hydrogens is 418 g/mol. The summed E-state index contributed by atoms with van der Waals surface area (Å²) in [4.78, 5) is 14.6. The van der Waals surface area contributed by atoms with E-state index in [9.17, 15) is 30.8 Å². The van der Waals surface area contributed by atoms with E-state index < -0.39 is 40.0 Å². The number of hydrogen-bond donors (Lipinski definition) is 2. The minimum Gasteiger partial charge on any atom is -0.379 e. The second kappa shape index (κ2) is 8.13. The summed E-state index contributed by atoms with van der Waals surface area (Å²) in [5.41, 5.74) is -1.65. The van der Waals surface area contributed by atoms with Crippen LogP contribution in [0, 0.1) is 5.82 Å². The summed E-state index contributed by atoms with van der Waals surface area (Å²) in [6, 6.07) is 3.25. The van der Waals surface area contributed by atoms with Crippen molar-refractivity contribution in [1.29, 1.82) is 0 Å². The molecule has 158 valence electrons. The first-order valence-corrected chi connectivity index (χ1v) is 9.93. The lowest BCUT2D eigenvalue weighted by atomic mass is 10.1. The molecule has 1 aliphatic rings. The highest BCUT2D eigenvalue weighted by Crippen LogP contribution is 2.32. The van der Waals surface area contributed by atoms with Crippen LogP contribution in [0.3, 0.4) is 0 Å². The van der Waals surface area contributed by atoms with Gasteiger partial charge in [-0.1, -0.05) is 6.07 Å². The fraction of sp³-hybridized carbons (Fsp3) is 0.353. The summed E-state index contributed by atoms with van der Waals surface area (Å²) >= 11 is 0. The van der Waals surface area contributed by atoms with Gasteiger partial charge in [0, 0.05) is 25.8 Å². The van der Waals surface area contributed by atoms with Crippen LogP contribution >= 0.6 is 0 Å². The standard InChI is InChI=1S/C17H17F4N3O4S/c18-12-2-1-11(14(7-12)17(19,20)21)9-23-16(25)15-8-13(10-22-15)29(26,27)24-3-5-28-6-4-24/h1-2,7-8,10,22H,3-6,9H2,(H,23,25). The summed E-state index contributed by atoms with van der Waals surface area (Å²) < 4.78 is 83.6. The zero-order valence-corrected chi connectivity index (χ0v) is 15.7. The van der Waals surface area contributed by atoms with Gasteiger partial charge in [-0.2, -0.15) is 17.5 Å². The Morgan fingerprint density at radius 3 is 2.55 bits per heavy atom. The maximum absolute atomic E-state index is 13.1. The van der Waals surface area contributed by atoms with E-state index in [0.717, 1.165) is 24.4 Å². The number of aromatic nitrogens is 1. The number of rotatable bonds is 5. The number of carbonyl (C=O) groups is 1. The SMILES string of the molecule is O=C(NCc1ccc(F)cc1C(F)(F)F)c1cc(S(=O)(=O)N2CCOCC2)c[nH]1. The highest BCUT2D eigenvalue weighted by molar-refractivity contribution is 7.89. The lowest BCUT2D eigenvalue weighted by molar-refractivity contribution is -0.138. The minimum atomic E-state index is -4.78. The Bertz CT molecular complexity index is 998. The van der Waals surface area contributed by atoms with Crippen molar-refractivity contribution in [3.63, 3.8) is 0 Å². The third-order valence-electron chi connectivity index (χ3n) is 4.33. The summed E-state index contributed by atoms with van der Waals surface area (Å²) in [7, 11) is -3.82. The Kier molecular flexibility index (Phi) is 5.96. The van der Waals surface area contributed by atoms with Gasteiger partial charge in [0.25, 0.3) is 5.91 Å². The predicted molar refractivity (Wildman–Crippen MR) is 92.9 cm³/mol. The molecule has 0 radical (unpaired) electrons. The number of benzene rings is 1. The smallest absolute Gasteiger partial charge is 0.379 e. The molecule has 12 heteroatoms. The Morgan fingerprint density at radius 1 is 1.21 bits per heavy atom. The topological polar surface area (TPSA) is 91.5 Å². The molecule has 2 aromatic rings. The van der Waals surface area contributed by atoms with Crippen LogP contribution in [0.4, 0.5) is 17.6 Å². The van der Waals surface area contributed by atoms with Crippen LogP contribution in [0.25, 0.3) is 0 Å². The van der Waals surface area contributed by atoms with Gasteiger partial charge in [-0.05, 0) is 23.8 Å². The number of aromatic amines is 1. The fourth-order valence-corrected chi connectivity index (χ4v) is 4.23. The molecule has 1 aliphatic heterocycles. The molecule has 29 heavy (non-hydrogen) atoms. The number of nitrogens with zero attached hydrogens (tertiary/aromatic N) is 1. The summed E-state index contributed by atoms with van der Waals surface area (Å²) in [6.45, 7) is 0.366. The molecule has 3 rings (SSSR count). The van der Waals surface area contributed by atoms with Gasteiger partial charge in [0.1, 0.15) is 16.4 Å². The molecule has 0 atom stereocenters. The molecule has 0 unspecified atom stereocenters. The molecular formula is C17H17F4N3O4S. The molecule has 1 fully saturated rings. The summed E-state index contributed by atoms with van der Waals surface area (Å²) in [6.07, 6.45) is -3.65. The lowest BCUT2D eigenvalue weighted by Gasteiger charge is -2.25. The van der Waals surface area contributed by atoms with Crippen LogP contribution < -0.4 is 5.32 Å². The van der Waals surface area contributed by atoms with E-state index >= 15 is 0 Å². The molecule has 0 bridgehead atoms. The van der Waals surface area contributed by atoms with Gasteiger partial charge in [0.15, 0.2) is 0 Å². The molecule has 0 spiro atoms. The second-order valence-electron chi connectivity index (χ2n) is 6.25. The third kappa shape index (κ3) is 4.77. The van der Waals surface area contributed by atoms with Gasteiger partial charge >= 0.3 is 6.18 Å². The van der Waals surface area contributed by atoms with Crippen molar-refractivity contribution in [2.24, 2.45) is 0 Å². The van der Waals surface area contributed by atoms with E-state index in [-0.39, 0.29) is 42.5 Å². The van der Waals surface area contributed by atoms with Crippen molar-refractivity contribution in [2.75, 3.05) is 26.3 Å². The van der Waals surface area contributed by atoms with Gasteiger partial charge < -0.3 is 15.0 Å². The predicted octanol–water partition coefficient (Wildman–Crippen LogP) is 2.12. The quantitative estimate of drug-likeness (QED) is 0.704. The van der Waals surface area contributed by atoms with Crippen LogP contribution in [-0.4, -0.2) is 49.9 Å². The third-order valence-corrected chi connectivity index (χ3v) is 6.20. The van der Waals surface area contributed by atoms with Gasteiger partial charge in [-0.15, -0.1) is 0 Å². The number of halogens is 4. The monoisotopic (exact) mass is 435 g/mol. The van der Waals surface area contributed by atoms with Crippen molar-refractivity contribution < 1.29 is 35.5 Å². The molecule has 2 heterocycles. The number of hydrogen-bond acceptors (Lipinski definition) is 4. The Balaban J connectivity index is 1.72. The van der Waals surface area contributed by atoms with Crippen molar-refractivity contribution in [1.82, 2.24) is 14.6 Å². The van der Waals surface area contributed by atoms with E-state index in [1.807, 2.05) is 0 Å². The van der Waals surface area contributed by atoms with E-state index in [2.05, 4.69) is 10.3 Å². The number of sulfonamides is 1. The van der Waals surface area contributed by atoms with E-state index in [1.54, 1.807) is 0 Å². The van der Waals surface area contributed by atoms with E-state index in [4.69, 9.17) is 4.74 Å². The van der Waals surface area contributed by atoms with Crippen molar-refractivity contribution in [3.05, 3.63) is 53.1 Å². The average molecular weight is 435 g/mol. The highest BCUT2D eigenvalue weighted by Gasteiger charge is 2.34. The Morgan fingerprint density at radius 2 is 1.90 bits per heavy atom. The van der Waals surface area contributed by atoms with Crippen molar-refractivity contribution in [3.8, 4) is 0 Å². The normalized spacial score (nSPS) is 16.0. The van der Waals surface area contributed by atoms with Crippen LogP contribution in [0.1, 0.15) is 21.6 Å². The summed E-state index contributed by atoms with van der Waals surface area (Å²) in [5, 5.41) is 2.27. The largest absolute Gasteiger partial charge is 0.416 e. The number of nitrogens with one attached hydrogen (secondary N) is 2. The van der Waals surface area contributed by atoms with E-state index in [0.29, 0.717) is 6.07 Å². The fourth-order valence-electron chi connectivity index (χ4n) is 2.83. The van der Waals surface area contributed by atoms with Crippen LogP contribution in [0.15, 0.2) is 35.4 Å². The van der Waals surface area contributed by atoms with Gasteiger partial charge in [0.05, 0.1) is 18.8 Å². The van der Waals surface area contributed by atoms with Gasteiger partial charge in [-0.3, -0.25) is 4.79 Å². The van der Waals surface area contributed by atoms with Crippen molar-refractivity contribution in [2.45, 2.75) is 17.6 Å². The summed E-state index contributed by atoms with van der Waals surface area (Å²) in [5.74, 6) is -1.85. The molecule has 0 aliphatic carbocycles. The first-order valence-electron chi connectivity index (χ1n) is 8.49. The zero-order chi connectivity index (χ0) is 21.2. The number of H-pyrrole nitrogens is 1. The maximum Gasteiger partial charge on any atom is 0.416 e. The molecule has 1 amide bonds. The molecule has 1 aromatic carbocycles. The molecule has 1 saturated heterocycles. The Labute approximate surface area is 163 Å². The lowest BCUT2D eigenvalue weighted by Crippen LogP contribution is -2.40. The number of morpholine rings is 1.